The summed E-state index contributed by atoms with van der Waals surface area (Å²) in [6.45, 7) is 11.0. The van der Waals surface area contributed by atoms with Gasteiger partial charge in [0, 0.05) is 93.1 Å². The highest BCUT2D eigenvalue weighted by molar-refractivity contribution is 6.23. The number of amides is 3. The standard InChI is InChI=1S/C56H65N7O14/c1-8-33-34-24-32(64)13-14-39(34)59-46-36(33)27-63-41(46)25-38-37(52(63)68)28-74-53(69)56(38,9-2)77-55(71)62-19-17-61(18-20-62)16-15-58-47-35-21-29(3)22-44(73-7)49-31(5)23-45(75-49)50(76-54(57)70)43(72-6)12-10-11-30(4)51(67)60-40(48(35)66)26-42(47)65/h10-14,23-26,29,31,43-44,49-50,58,64H,8-9,15-22,27-28H2,1-7H3,(H2,57,70)(H,60,67)/b12-10-,30-11+/t29-,31+,43+,44+,49+,50-,56+/m1/s1. The van der Waals surface area contributed by atoms with E-state index < -0.39 is 65.6 Å². The number of aromatic nitrogens is 2. The zero-order valence-corrected chi connectivity index (χ0v) is 44.3. The Kier molecular flexibility index (Phi) is 15.6. The van der Waals surface area contributed by atoms with Crippen molar-refractivity contribution >= 4 is 46.5 Å². The number of cyclic esters (lactones) is 1. The van der Waals surface area contributed by atoms with Gasteiger partial charge in [-0.15, -0.1) is 0 Å². The van der Waals surface area contributed by atoms with Crippen LogP contribution in [0.15, 0.2) is 87.7 Å². The minimum absolute atomic E-state index is 0.00322. The first kappa shape index (κ1) is 54.2. The number of ether oxygens (including phenoxy) is 6. The number of hydrogen-bond acceptors (Lipinski definition) is 17. The lowest BCUT2D eigenvalue weighted by molar-refractivity contribution is -0.173. The predicted molar refractivity (Wildman–Crippen MR) is 279 cm³/mol. The Labute approximate surface area is 444 Å². The van der Waals surface area contributed by atoms with Gasteiger partial charge in [-0.05, 0) is 74.4 Å². The number of benzene rings is 1. The number of carbonyl (C=O) groups is 6. The number of phenols is 1. The molecule has 77 heavy (non-hydrogen) atoms. The summed E-state index contributed by atoms with van der Waals surface area (Å²) in [5, 5.41) is 16.9. The molecule has 0 radical (unpaired) electrons. The van der Waals surface area contributed by atoms with Gasteiger partial charge >= 0.3 is 18.2 Å². The number of rotatable bonds is 10. The SMILES string of the molecule is CCc1c2c(nc3ccc(O)cc13)-c1cc3c(c(=O)n1C2)COC(=O)[C@@]3(CC)OC(=O)N1CCN(CCNC2=C3C[C@@H](C)C[C@H](OC)[C@H]4OC(=C[C@@H]4C)[C@H](OC(N)=O)[C@@H](OC)/C=C\C=C(/C)C(=O)NC(=CC2=O)C3=O)CC1. The molecule has 2 aromatic heterocycles. The number of ketones is 2. The van der Waals surface area contributed by atoms with Crippen molar-refractivity contribution < 1.29 is 62.3 Å². The molecular weight excluding hydrogens is 995 g/mol. The molecule has 9 rings (SSSR count). The smallest absolute Gasteiger partial charge is 0.411 e. The highest BCUT2D eigenvalue weighted by Gasteiger charge is 2.51. The van der Waals surface area contributed by atoms with Gasteiger partial charge in [-0.25, -0.2) is 19.4 Å². The van der Waals surface area contributed by atoms with Crippen molar-refractivity contribution in [3.05, 3.63) is 116 Å². The summed E-state index contributed by atoms with van der Waals surface area (Å²) in [5.74, 6) is -2.42. The lowest BCUT2D eigenvalue weighted by Crippen LogP contribution is -2.54. The van der Waals surface area contributed by atoms with E-state index in [2.05, 4.69) is 15.5 Å². The number of methoxy groups -OCH3 is 2. The van der Waals surface area contributed by atoms with Gasteiger partial charge in [0.15, 0.2) is 6.10 Å². The van der Waals surface area contributed by atoms with E-state index in [1.54, 1.807) is 55.0 Å². The summed E-state index contributed by atoms with van der Waals surface area (Å²) in [4.78, 5) is 105. The van der Waals surface area contributed by atoms with Crippen LogP contribution in [-0.4, -0.2) is 138 Å². The third-order valence-corrected chi connectivity index (χ3v) is 15.5. The first-order valence-electron chi connectivity index (χ1n) is 26.0. The van der Waals surface area contributed by atoms with E-state index in [0.29, 0.717) is 55.1 Å². The maximum atomic E-state index is 14.3. The van der Waals surface area contributed by atoms with Gasteiger partial charge in [-0.3, -0.25) is 24.1 Å². The number of aryl methyl sites for hydroxylation is 1. The number of esters is 1. The number of Topliss-reactive ketones (excluding diaryl/α,β-unsaturated/α-hetero) is 1. The van der Waals surface area contributed by atoms with Crippen LogP contribution >= 0.6 is 0 Å². The summed E-state index contributed by atoms with van der Waals surface area (Å²) >= 11 is 0. The van der Waals surface area contributed by atoms with Crippen LogP contribution in [-0.2, 0) is 72.8 Å². The Balaban J connectivity index is 0.886. The second-order valence-electron chi connectivity index (χ2n) is 20.3. The summed E-state index contributed by atoms with van der Waals surface area (Å²) < 4.78 is 36.9. The number of aromatic hydroxyl groups is 1. The number of nitrogens with one attached hydrogen (secondary N) is 2. The third kappa shape index (κ3) is 10.4. The molecule has 3 aromatic rings. The van der Waals surface area contributed by atoms with Crippen molar-refractivity contribution in [2.45, 2.75) is 103 Å². The highest BCUT2D eigenvalue weighted by Crippen LogP contribution is 2.43. The molecule has 1 aromatic carbocycles. The second-order valence-corrected chi connectivity index (χ2v) is 20.3. The highest BCUT2D eigenvalue weighted by atomic mass is 16.6. The van der Waals surface area contributed by atoms with Crippen molar-refractivity contribution in [2.24, 2.45) is 17.6 Å². The summed E-state index contributed by atoms with van der Waals surface area (Å²) in [6.07, 6.45) is 4.01. The number of hydrogen-bond donors (Lipinski definition) is 4. The van der Waals surface area contributed by atoms with Crippen LogP contribution in [0.4, 0.5) is 9.59 Å². The minimum atomic E-state index is -1.91. The van der Waals surface area contributed by atoms with Crippen molar-refractivity contribution in [3.63, 3.8) is 0 Å². The molecule has 7 heterocycles. The summed E-state index contributed by atoms with van der Waals surface area (Å²) in [7, 11) is 2.99. The van der Waals surface area contributed by atoms with E-state index in [-0.39, 0.29) is 102 Å². The molecule has 7 atom stereocenters. The fraction of sp³-hybridized carbons (Fsp3) is 0.464. The fourth-order valence-corrected chi connectivity index (χ4v) is 11.3. The molecule has 0 saturated carbocycles. The number of carbonyl (C=O) groups excluding carboxylic acids is 6. The maximum absolute atomic E-state index is 14.3. The van der Waals surface area contributed by atoms with Crippen LogP contribution in [0.3, 0.4) is 0 Å². The van der Waals surface area contributed by atoms with Crippen molar-refractivity contribution in [1.29, 1.82) is 0 Å². The Morgan fingerprint density at radius 2 is 1.79 bits per heavy atom. The van der Waals surface area contributed by atoms with Gasteiger partial charge in [-0.2, -0.15) is 0 Å². The van der Waals surface area contributed by atoms with Gasteiger partial charge in [0.1, 0.15) is 30.3 Å². The number of phenolic OH excluding ortho intramolecular Hbond substituents is 1. The summed E-state index contributed by atoms with van der Waals surface area (Å²) in [5.41, 5.74) is 7.56. The molecule has 4 bridgehead atoms. The maximum Gasteiger partial charge on any atom is 0.411 e. The first-order valence-corrected chi connectivity index (χ1v) is 26.0. The average molecular weight is 1060 g/mol. The molecule has 1 aliphatic carbocycles. The molecule has 0 spiro atoms. The van der Waals surface area contributed by atoms with Crippen LogP contribution < -0.4 is 21.9 Å². The van der Waals surface area contributed by atoms with E-state index in [1.165, 1.54) is 25.0 Å². The predicted octanol–water partition coefficient (Wildman–Crippen LogP) is 4.45. The molecule has 0 unspecified atom stereocenters. The average Bonchev–Trinajstić information content (AvgIpc) is 4.15. The van der Waals surface area contributed by atoms with Crippen LogP contribution in [0.5, 0.6) is 5.75 Å². The van der Waals surface area contributed by atoms with Crippen molar-refractivity contribution in [3.8, 4) is 17.1 Å². The van der Waals surface area contributed by atoms with Gasteiger partial charge < -0.3 is 59.4 Å². The third-order valence-electron chi connectivity index (χ3n) is 15.5. The molecule has 1 fully saturated rings. The van der Waals surface area contributed by atoms with Gasteiger partial charge in [0.05, 0.1) is 46.5 Å². The Morgan fingerprint density at radius 3 is 2.49 bits per heavy atom. The van der Waals surface area contributed by atoms with Crippen molar-refractivity contribution in [1.82, 2.24) is 30.0 Å². The van der Waals surface area contributed by atoms with Gasteiger partial charge in [0.2, 0.25) is 17.2 Å². The van der Waals surface area contributed by atoms with Crippen LogP contribution in [0.25, 0.3) is 22.3 Å². The van der Waals surface area contributed by atoms with Crippen molar-refractivity contribution in [2.75, 3.05) is 53.5 Å². The number of nitrogens with two attached hydrogens (primary N) is 1. The number of pyridine rings is 2. The second kappa shape index (κ2) is 22.2. The van der Waals surface area contributed by atoms with Crippen LogP contribution in [0, 0.1) is 11.8 Å². The monoisotopic (exact) mass is 1060 g/mol. The Bertz CT molecular complexity index is 3170. The lowest BCUT2D eigenvalue weighted by atomic mass is 9.85. The Morgan fingerprint density at radius 1 is 1.03 bits per heavy atom. The van der Waals surface area contributed by atoms with Gasteiger partial charge in [-0.1, -0.05) is 45.9 Å². The zero-order valence-electron chi connectivity index (χ0n) is 44.3. The molecule has 21 heteroatoms. The number of piperazine rings is 1. The van der Waals surface area contributed by atoms with Crippen LogP contribution in [0.1, 0.15) is 76.1 Å². The number of nitrogens with zero attached hydrogens (tertiary/aromatic N) is 4. The van der Waals surface area contributed by atoms with E-state index >= 15 is 0 Å². The largest absolute Gasteiger partial charge is 0.508 e. The molecule has 6 aliphatic rings. The normalized spacial score (nSPS) is 26.8. The quantitative estimate of drug-likeness (QED) is 0.0971. The molecule has 408 valence electrons. The molecule has 5 aliphatic heterocycles. The molecule has 1 saturated heterocycles. The topological polar surface area (TPSA) is 269 Å². The number of fused-ring (bicyclic) bond motifs is 9. The number of allylic oxidation sites excluding steroid dienone is 4. The first-order chi connectivity index (χ1) is 36.9. The lowest BCUT2D eigenvalue weighted by Gasteiger charge is -2.39. The fourth-order valence-electron chi connectivity index (χ4n) is 11.3. The van der Waals surface area contributed by atoms with E-state index in [1.807, 2.05) is 26.8 Å². The van der Waals surface area contributed by atoms with E-state index in [9.17, 15) is 38.7 Å². The minimum Gasteiger partial charge on any atom is -0.508 e. The summed E-state index contributed by atoms with van der Waals surface area (Å²) in [6, 6.07) is 6.69. The molecular formula is C56H65N7O14. The Hall–Kier alpha value is -7.62. The molecule has 3 amide bonds. The molecule has 5 N–H and O–H groups in total. The van der Waals surface area contributed by atoms with E-state index in [4.69, 9.17) is 39.1 Å². The number of primary amides is 1. The molecule has 21 nitrogen and oxygen atoms in total. The van der Waals surface area contributed by atoms with Crippen LogP contribution in [0.2, 0.25) is 0 Å². The zero-order chi connectivity index (χ0) is 55.0. The van der Waals surface area contributed by atoms with Gasteiger partial charge in [0.25, 0.3) is 11.5 Å². The van der Waals surface area contributed by atoms with E-state index in [0.717, 1.165) is 22.6 Å².